The SMILES string of the molecule is CC(C)(C)OC(=O)N1Cc2cc(Cl)ccc2-n2c(nnc2C2CCC(c3noc4c3CCCC4)CC2)C1. The van der Waals surface area contributed by atoms with Crippen LogP contribution in [0.15, 0.2) is 22.7 Å². The average molecular weight is 524 g/mol. The lowest BCUT2D eigenvalue weighted by Gasteiger charge is -2.28. The number of fused-ring (bicyclic) bond motifs is 4. The van der Waals surface area contributed by atoms with Gasteiger partial charge in [-0.1, -0.05) is 16.8 Å². The molecule has 2 aliphatic carbocycles. The number of aryl methyl sites for hydroxylation is 1. The van der Waals surface area contributed by atoms with Crippen LogP contribution >= 0.6 is 11.6 Å². The standard InChI is InChI=1S/C28H34ClN5O3/c1-28(2,3)36-27(35)33-15-19-14-20(29)12-13-22(19)34-24(16-33)30-31-26(34)18-10-8-17(9-11-18)25-21-6-4-5-7-23(21)37-32-25/h12-14,17-18H,4-11,15-16H2,1-3H3. The maximum absolute atomic E-state index is 13.0. The fourth-order valence-electron chi connectivity index (χ4n) is 6.10. The second-order valence-electron chi connectivity index (χ2n) is 11.6. The largest absolute Gasteiger partial charge is 0.444 e. The van der Waals surface area contributed by atoms with Crippen molar-refractivity contribution in [2.45, 2.75) is 103 Å². The molecular formula is C28H34ClN5O3. The molecule has 0 radical (unpaired) electrons. The molecule has 2 aromatic heterocycles. The van der Waals surface area contributed by atoms with Crippen LogP contribution in [0.1, 0.15) is 105 Å². The second-order valence-corrected chi connectivity index (χ2v) is 12.1. The number of halogens is 1. The van der Waals surface area contributed by atoms with Crippen molar-refractivity contribution in [1.82, 2.24) is 24.8 Å². The Morgan fingerprint density at radius 3 is 2.59 bits per heavy atom. The number of carbonyl (C=O) groups excluding carboxylic acids is 1. The number of rotatable bonds is 2. The summed E-state index contributed by atoms with van der Waals surface area (Å²) in [5.74, 6) is 3.55. The van der Waals surface area contributed by atoms with Gasteiger partial charge in [-0.2, -0.15) is 0 Å². The highest BCUT2D eigenvalue weighted by atomic mass is 35.5. The molecule has 3 heterocycles. The van der Waals surface area contributed by atoms with Crippen LogP contribution in [0.3, 0.4) is 0 Å². The summed E-state index contributed by atoms with van der Waals surface area (Å²) in [6.07, 6.45) is 8.33. The number of ether oxygens (including phenoxy) is 1. The van der Waals surface area contributed by atoms with Crippen LogP contribution in [0.25, 0.3) is 5.69 Å². The van der Waals surface area contributed by atoms with Gasteiger partial charge in [0.1, 0.15) is 17.2 Å². The van der Waals surface area contributed by atoms with Gasteiger partial charge >= 0.3 is 6.09 Å². The molecule has 0 atom stereocenters. The number of hydrogen-bond donors (Lipinski definition) is 0. The first-order chi connectivity index (χ1) is 17.8. The van der Waals surface area contributed by atoms with Crippen LogP contribution < -0.4 is 0 Å². The first-order valence-corrected chi connectivity index (χ1v) is 13.8. The fourth-order valence-corrected chi connectivity index (χ4v) is 6.30. The minimum atomic E-state index is -0.582. The Morgan fingerprint density at radius 1 is 1.05 bits per heavy atom. The molecule has 37 heavy (non-hydrogen) atoms. The summed E-state index contributed by atoms with van der Waals surface area (Å²) in [4.78, 5) is 14.7. The smallest absolute Gasteiger partial charge is 0.411 e. The zero-order chi connectivity index (χ0) is 25.7. The number of amides is 1. The summed E-state index contributed by atoms with van der Waals surface area (Å²) in [6.45, 7) is 6.35. The van der Waals surface area contributed by atoms with Crippen molar-refractivity contribution in [3.05, 3.63) is 57.5 Å². The quantitative estimate of drug-likeness (QED) is 0.382. The lowest BCUT2D eigenvalue weighted by Crippen LogP contribution is -2.35. The third-order valence-corrected chi connectivity index (χ3v) is 8.08. The van der Waals surface area contributed by atoms with E-state index in [1.54, 1.807) is 4.90 Å². The zero-order valence-electron chi connectivity index (χ0n) is 21.8. The van der Waals surface area contributed by atoms with Gasteiger partial charge in [-0.3, -0.25) is 9.47 Å². The predicted octanol–water partition coefficient (Wildman–Crippen LogP) is 6.48. The summed E-state index contributed by atoms with van der Waals surface area (Å²) in [6, 6.07) is 5.83. The molecule has 3 aliphatic rings. The molecule has 1 aromatic carbocycles. The van der Waals surface area contributed by atoms with Crippen molar-refractivity contribution >= 4 is 17.7 Å². The van der Waals surface area contributed by atoms with E-state index in [4.69, 9.17) is 20.9 Å². The number of hydrogen-bond acceptors (Lipinski definition) is 6. The van der Waals surface area contributed by atoms with Gasteiger partial charge in [0.2, 0.25) is 0 Å². The topological polar surface area (TPSA) is 86.3 Å². The van der Waals surface area contributed by atoms with Gasteiger partial charge < -0.3 is 9.26 Å². The first kappa shape index (κ1) is 24.5. The summed E-state index contributed by atoms with van der Waals surface area (Å²) in [5.41, 5.74) is 3.93. The Kier molecular flexibility index (Phi) is 6.25. The molecular weight excluding hydrogens is 490 g/mol. The molecule has 0 unspecified atom stereocenters. The Morgan fingerprint density at radius 2 is 1.81 bits per heavy atom. The lowest BCUT2D eigenvalue weighted by molar-refractivity contribution is 0.0214. The van der Waals surface area contributed by atoms with Crippen LogP contribution in [0.5, 0.6) is 0 Å². The molecule has 0 N–H and O–H groups in total. The van der Waals surface area contributed by atoms with Gasteiger partial charge in [0.25, 0.3) is 0 Å². The van der Waals surface area contributed by atoms with Gasteiger partial charge in [-0.15, -0.1) is 10.2 Å². The lowest BCUT2D eigenvalue weighted by atomic mass is 9.78. The summed E-state index contributed by atoms with van der Waals surface area (Å²) in [5, 5.41) is 14.4. The molecule has 196 valence electrons. The van der Waals surface area contributed by atoms with Crippen molar-refractivity contribution in [3.63, 3.8) is 0 Å². The minimum Gasteiger partial charge on any atom is -0.444 e. The van der Waals surface area contributed by atoms with E-state index in [0.717, 1.165) is 67.2 Å². The number of aromatic nitrogens is 4. The van der Waals surface area contributed by atoms with E-state index in [-0.39, 0.29) is 12.0 Å². The normalized spacial score (nSPS) is 21.6. The van der Waals surface area contributed by atoms with E-state index in [1.807, 2.05) is 39.0 Å². The molecule has 1 amide bonds. The average Bonchev–Trinajstić information content (AvgIpc) is 3.43. The van der Waals surface area contributed by atoms with Gasteiger partial charge in [0.15, 0.2) is 5.82 Å². The first-order valence-electron chi connectivity index (χ1n) is 13.4. The van der Waals surface area contributed by atoms with Crippen LogP contribution in [-0.4, -0.2) is 36.5 Å². The second kappa shape index (κ2) is 9.46. The molecule has 1 fully saturated rings. The van der Waals surface area contributed by atoms with Gasteiger partial charge in [-0.05, 0) is 89.5 Å². The monoisotopic (exact) mass is 523 g/mol. The highest BCUT2D eigenvalue weighted by molar-refractivity contribution is 6.30. The summed E-state index contributed by atoms with van der Waals surface area (Å²) in [7, 11) is 0. The van der Waals surface area contributed by atoms with E-state index < -0.39 is 5.60 Å². The third-order valence-electron chi connectivity index (χ3n) is 7.84. The third kappa shape index (κ3) is 4.76. The van der Waals surface area contributed by atoms with Gasteiger partial charge in [0.05, 0.1) is 24.5 Å². The van der Waals surface area contributed by atoms with Crippen LogP contribution in [-0.2, 0) is 30.7 Å². The van der Waals surface area contributed by atoms with Crippen LogP contribution in [0, 0.1) is 0 Å². The zero-order valence-corrected chi connectivity index (χ0v) is 22.6. The van der Waals surface area contributed by atoms with E-state index >= 15 is 0 Å². The molecule has 3 aromatic rings. The van der Waals surface area contributed by atoms with Crippen molar-refractivity contribution < 1.29 is 14.1 Å². The van der Waals surface area contributed by atoms with Gasteiger partial charge in [0, 0.05) is 28.8 Å². The van der Waals surface area contributed by atoms with Crippen molar-refractivity contribution in [3.8, 4) is 5.69 Å². The number of carbonyl (C=O) groups is 1. The molecule has 9 heteroatoms. The van der Waals surface area contributed by atoms with E-state index in [1.165, 1.54) is 24.1 Å². The maximum Gasteiger partial charge on any atom is 0.411 e. The Balaban J connectivity index is 1.27. The molecule has 0 spiro atoms. The van der Waals surface area contributed by atoms with Crippen LogP contribution in [0.2, 0.25) is 5.02 Å². The molecule has 1 aliphatic heterocycles. The van der Waals surface area contributed by atoms with E-state index in [2.05, 4.69) is 19.9 Å². The molecule has 8 nitrogen and oxygen atoms in total. The number of benzene rings is 1. The fraction of sp³-hybridized carbons (Fsp3) is 0.571. The highest BCUT2D eigenvalue weighted by Crippen LogP contribution is 2.43. The summed E-state index contributed by atoms with van der Waals surface area (Å²) < 4.78 is 13.5. The Labute approximate surface area is 222 Å². The number of nitrogens with zero attached hydrogens (tertiary/aromatic N) is 5. The van der Waals surface area contributed by atoms with Gasteiger partial charge in [-0.25, -0.2) is 4.79 Å². The summed E-state index contributed by atoms with van der Waals surface area (Å²) >= 11 is 6.38. The molecule has 0 bridgehead atoms. The molecule has 6 rings (SSSR count). The maximum atomic E-state index is 13.0. The van der Waals surface area contributed by atoms with Crippen molar-refractivity contribution in [2.75, 3.05) is 0 Å². The minimum absolute atomic E-state index is 0.289. The van der Waals surface area contributed by atoms with E-state index in [0.29, 0.717) is 24.0 Å². The predicted molar refractivity (Wildman–Crippen MR) is 139 cm³/mol. The van der Waals surface area contributed by atoms with Crippen LogP contribution in [0.4, 0.5) is 4.79 Å². The molecule has 0 saturated heterocycles. The highest BCUT2D eigenvalue weighted by Gasteiger charge is 2.35. The van der Waals surface area contributed by atoms with Crippen molar-refractivity contribution in [2.24, 2.45) is 0 Å². The van der Waals surface area contributed by atoms with Crippen molar-refractivity contribution in [1.29, 1.82) is 0 Å². The Hall–Kier alpha value is -2.87. The molecule has 1 saturated carbocycles. The Bertz CT molecular complexity index is 1320. The van der Waals surface area contributed by atoms with E-state index in [9.17, 15) is 4.79 Å².